The molecular formula is C27H46FNO5S. The van der Waals surface area contributed by atoms with E-state index in [1.165, 1.54) is 0 Å². The zero-order chi connectivity index (χ0) is 25.9. The maximum atomic E-state index is 15.5. The lowest BCUT2D eigenvalue weighted by atomic mass is 9.41. The highest BCUT2D eigenvalue weighted by molar-refractivity contribution is 7.89. The summed E-state index contributed by atoms with van der Waals surface area (Å²) in [6.07, 6.45) is 5.23. The Labute approximate surface area is 210 Å². The largest absolute Gasteiger partial charge is 0.393 e. The number of hydrogen-bond donors (Lipinski definition) is 3. The van der Waals surface area contributed by atoms with Crippen LogP contribution in [-0.4, -0.2) is 49.2 Å². The summed E-state index contributed by atoms with van der Waals surface area (Å²) in [6.45, 7) is 8.83. The zero-order valence-corrected chi connectivity index (χ0v) is 22.9. The van der Waals surface area contributed by atoms with Crippen LogP contribution in [0.1, 0.15) is 85.5 Å². The van der Waals surface area contributed by atoms with E-state index in [4.69, 9.17) is 0 Å². The zero-order valence-electron chi connectivity index (χ0n) is 22.0. The van der Waals surface area contributed by atoms with E-state index in [0.717, 1.165) is 44.8 Å². The highest BCUT2D eigenvalue weighted by atomic mass is 32.2. The first-order valence-electron chi connectivity index (χ1n) is 13.8. The van der Waals surface area contributed by atoms with E-state index >= 15 is 4.39 Å². The molecule has 4 fully saturated rings. The van der Waals surface area contributed by atoms with Crippen LogP contribution in [-0.2, 0) is 14.8 Å². The Balaban J connectivity index is 1.54. The van der Waals surface area contributed by atoms with Crippen molar-refractivity contribution in [1.29, 1.82) is 0 Å². The van der Waals surface area contributed by atoms with E-state index in [-0.39, 0.29) is 46.8 Å². The minimum absolute atomic E-state index is 0.0552. The van der Waals surface area contributed by atoms with Crippen LogP contribution in [0, 0.1) is 52.3 Å². The van der Waals surface area contributed by atoms with Crippen LogP contribution in [0.3, 0.4) is 0 Å². The molecule has 12 atom stereocenters. The summed E-state index contributed by atoms with van der Waals surface area (Å²) in [7, 11) is -3.54. The van der Waals surface area contributed by atoms with Crippen molar-refractivity contribution in [3.05, 3.63) is 0 Å². The fourth-order valence-corrected chi connectivity index (χ4v) is 10.3. The van der Waals surface area contributed by atoms with Gasteiger partial charge in [0, 0.05) is 12.3 Å². The number of hydrogen-bond acceptors (Lipinski definition) is 5. The van der Waals surface area contributed by atoms with Crippen LogP contribution >= 0.6 is 0 Å². The van der Waals surface area contributed by atoms with Crippen molar-refractivity contribution in [3.63, 3.8) is 0 Å². The van der Waals surface area contributed by atoms with Crippen molar-refractivity contribution >= 4 is 15.9 Å². The number of carbonyl (C=O) groups excluding carboxylic acids is 1. The maximum absolute atomic E-state index is 15.5. The van der Waals surface area contributed by atoms with Crippen molar-refractivity contribution in [1.82, 2.24) is 4.72 Å². The second kappa shape index (κ2) is 9.54. The van der Waals surface area contributed by atoms with Gasteiger partial charge in [0.25, 0.3) is 0 Å². The topological polar surface area (TPSA) is 104 Å². The van der Waals surface area contributed by atoms with E-state index in [2.05, 4.69) is 25.5 Å². The van der Waals surface area contributed by atoms with Gasteiger partial charge in [0.05, 0.1) is 18.5 Å². The van der Waals surface area contributed by atoms with Gasteiger partial charge in [-0.3, -0.25) is 9.52 Å². The number of sulfonamides is 1. The summed E-state index contributed by atoms with van der Waals surface area (Å²) in [6, 6.07) is 0. The predicted molar refractivity (Wildman–Crippen MR) is 133 cm³/mol. The van der Waals surface area contributed by atoms with Crippen LogP contribution in [0.15, 0.2) is 0 Å². The Morgan fingerprint density at radius 2 is 1.71 bits per heavy atom. The molecule has 0 saturated heterocycles. The summed E-state index contributed by atoms with van der Waals surface area (Å²) in [5.41, 5.74) is -0.141. The second-order valence-corrected chi connectivity index (χ2v) is 14.7. The molecule has 0 bridgehead atoms. The Hall–Kier alpha value is -0.730. The molecule has 0 spiro atoms. The lowest BCUT2D eigenvalue weighted by molar-refractivity contribution is -0.222. The molecule has 0 aromatic heterocycles. The van der Waals surface area contributed by atoms with Gasteiger partial charge in [-0.05, 0) is 91.3 Å². The molecule has 3 N–H and O–H groups in total. The summed E-state index contributed by atoms with van der Waals surface area (Å²) < 4.78 is 40.3. The minimum Gasteiger partial charge on any atom is -0.393 e. The van der Waals surface area contributed by atoms with Crippen molar-refractivity contribution < 1.29 is 27.8 Å². The Bertz CT molecular complexity index is 913. The normalized spacial score (nSPS) is 48.4. The molecule has 0 aliphatic heterocycles. The van der Waals surface area contributed by atoms with Gasteiger partial charge in [0.1, 0.15) is 6.17 Å². The number of aliphatic hydroxyl groups excluding tert-OH is 2. The van der Waals surface area contributed by atoms with E-state index in [1.807, 2.05) is 6.92 Å². The Kier molecular flexibility index (Phi) is 7.44. The number of halogens is 1. The van der Waals surface area contributed by atoms with Crippen LogP contribution < -0.4 is 4.72 Å². The molecule has 4 aliphatic carbocycles. The van der Waals surface area contributed by atoms with Crippen molar-refractivity contribution in [2.75, 3.05) is 6.26 Å². The number of fused-ring (bicyclic) bond motifs is 5. The Morgan fingerprint density at radius 1 is 1.09 bits per heavy atom. The molecule has 0 aromatic carbocycles. The van der Waals surface area contributed by atoms with E-state index in [1.54, 1.807) is 0 Å². The molecule has 1 amide bonds. The summed E-state index contributed by atoms with van der Waals surface area (Å²) in [4.78, 5) is 12.1. The van der Waals surface area contributed by atoms with Crippen LogP contribution in [0.25, 0.3) is 0 Å². The standard InChI is InChI=1S/C27H46FNO5S/c1-6-16-23-24(28)20(30)12-14-27(23,4)19-11-13-26(3)17(8-9-18(26)22(19)25(16)32)15(2)7-10-21(31)29-35(5,33)34/h15-20,22-25,30,32H,6-14H2,1-5H3,(H,29,31)/t15-,16-,17?,18?,19?,20-,22?,23-,24+,25-,26-,27-/m1/s1. The molecule has 4 saturated carbocycles. The van der Waals surface area contributed by atoms with E-state index < -0.39 is 34.3 Å². The highest BCUT2D eigenvalue weighted by Gasteiger charge is 2.66. The quantitative estimate of drug-likeness (QED) is 0.495. The number of alkyl halides is 1. The third kappa shape index (κ3) is 4.58. The van der Waals surface area contributed by atoms with Crippen LogP contribution in [0.4, 0.5) is 4.39 Å². The number of nitrogens with one attached hydrogen (secondary N) is 1. The molecule has 202 valence electrons. The van der Waals surface area contributed by atoms with Gasteiger partial charge in [-0.1, -0.05) is 34.1 Å². The predicted octanol–water partition coefficient (Wildman–Crippen LogP) is 4.05. The van der Waals surface area contributed by atoms with Crippen molar-refractivity contribution in [3.8, 4) is 0 Å². The minimum atomic E-state index is -3.54. The summed E-state index contributed by atoms with van der Waals surface area (Å²) >= 11 is 0. The summed E-state index contributed by atoms with van der Waals surface area (Å²) in [5, 5.41) is 22.1. The average Bonchev–Trinajstić information content (AvgIpc) is 3.12. The van der Waals surface area contributed by atoms with E-state index in [9.17, 15) is 23.4 Å². The maximum Gasteiger partial charge on any atom is 0.233 e. The Morgan fingerprint density at radius 3 is 2.34 bits per heavy atom. The molecule has 4 unspecified atom stereocenters. The van der Waals surface area contributed by atoms with Crippen LogP contribution in [0.5, 0.6) is 0 Å². The van der Waals surface area contributed by atoms with Gasteiger partial charge >= 0.3 is 0 Å². The first-order chi connectivity index (χ1) is 16.2. The van der Waals surface area contributed by atoms with Crippen molar-refractivity contribution in [2.45, 2.75) is 104 Å². The molecule has 6 nitrogen and oxygen atoms in total. The van der Waals surface area contributed by atoms with Gasteiger partial charge in [0.2, 0.25) is 15.9 Å². The molecule has 4 aliphatic rings. The third-order valence-electron chi connectivity index (χ3n) is 11.3. The highest BCUT2D eigenvalue weighted by Crippen LogP contribution is 2.69. The number of rotatable bonds is 6. The lowest BCUT2D eigenvalue weighted by Crippen LogP contribution is -2.65. The van der Waals surface area contributed by atoms with Gasteiger partial charge < -0.3 is 10.2 Å². The number of carbonyl (C=O) groups is 1. The molecule has 0 radical (unpaired) electrons. The molecule has 0 aromatic rings. The molecule has 0 heterocycles. The lowest BCUT2D eigenvalue weighted by Gasteiger charge is -2.65. The SMILES string of the molecule is CC[C@@H]1[C@@H]2[C@@H](F)[C@H](O)CC[C@]2(C)C2CC[C@@]3(C)C(CCC3[C@H](C)CCC(=O)NS(C)(=O)=O)C2[C@@H]1O. The first kappa shape index (κ1) is 27.3. The van der Waals surface area contributed by atoms with Crippen LogP contribution in [0.2, 0.25) is 0 Å². The first-order valence-corrected chi connectivity index (χ1v) is 15.6. The smallest absolute Gasteiger partial charge is 0.233 e. The number of amides is 1. The van der Waals surface area contributed by atoms with Gasteiger partial charge in [-0.15, -0.1) is 0 Å². The third-order valence-corrected chi connectivity index (χ3v) is 11.9. The molecule has 35 heavy (non-hydrogen) atoms. The monoisotopic (exact) mass is 515 g/mol. The average molecular weight is 516 g/mol. The molecule has 8 heteroatoms. The molecule has 4 rings (SSSR count). The van der Waals surface area contributed by atoms with Gasteiger partial charge in [0.15, 0.2) is 0 Å². The summed E-state index contributed by atoms with van der Waals surface area (Å²) in [5.74, 6) is 0.598. The number of aliphatic hydroxyl groups is 2. The second-order valence-electron chi connectivity index (χ2n) is 13.0. The van der Waals surface area contributed by atoms with Gasteiger partial charge in [-0.2, -0.15) is 0 Å². The molecular weight excluding hydrogens is 469 g/mol. The fourth-order valence-electron chi connectivity index (χ4n) is 9.77. The van der Waals surface area contributed by atoms with E-state index in [0.29, 0.717) is 24.7 Å². The fraction of sp³-hybridized carbons (Fsp3) is 0.963. The van der Waals surface area contributed by atoms with Gasteiger partial charge in [-0.25, -0.2) is 12.8 Å². The van der Waals surface area contributed by atoms with Crippen molar-refractivity contribution in [2.24, 2.45) is 52.3 Å².